The fourth-order valence-electron chi connectivity index (χ4n) is 5.29. The molecule has 0 bridgehead atoms. The van der Waals surface area contributed by atoms with E-state index in [9.17, 15) is 0 Å². The molecule has 1 aromatic heterocycles. The zero-order valence-corrected chi connectivity index (χ0v) is 20.8. The Kier molecular flexibility index (Phi) is 5.49. The summed E-state index contributed by atoms with van der Waals surface area (Å²) in [6.45, 7) is 0. The molecule has 7 rings (SSSR count). The number of para-hydroxylation sites is 2. The van der Waals surface area contributed by atoms with E-state index in [2.05, 4.69) is 138 Å². The molecular formula is C36H25NO. The Labute approximate surface area is 222 Å². The van der Waals surface area contributed by atoms with Gasteiger partial charge in [0.15, 0.2) is 0 Å². The van der Waals surface area contributed by atoms with Gasteiger partial charge in [0.25, 0.3) is 0 Å². The van der Waals surface area contributed by atoms with Crippen LogP contribution < -0.4 is 4.90 Å². The first-order chi connectivity index (χ1) is 18.8. The monoisotopic (exact) mass is 487 g/mol. The molecule has 0 fully saturated rings. The molecular weight excluding hydrogens is 462 g/mol. The lowest BCUT2D eigenvalue weighted by Gasteiger charge is -2.26. The Balaban J connectivity index is 1.36. The Morgan fingerprint density at radius 2 is 0.974 bits per heavy atom. The van der Waals surface area contributed by atoms with E-state index in [1.807, 2.05) is 18.2 Å². The van der Waals surface area contributed by atoms with Crippen molar-refractivity contribution in [2.24, 2.45) is 0 Å². The van der Waals surface area contributed by atoms with Crippen molar-refractivity contribution in [2.75, 3.05) is 4.90 Å². The molecule has 0 aliphatic rings. The summed E-state index contributed by atoms with van der Waals surface area (Å²) in [7, 11) is 0. The van der Waals surface area contributed by atoms with Crippen LogP contribution in [0.5, 0.6) is 0 Å². The summed E-state index contributed by atoms with van der Waals surface area (Å²) in [6, 6.07) is 53.2. The molecule has 1 heterocycles. The van der Waals surface area contributed by atoms with Crippen molar-refractivity contribution in [3.63, 3.8) is 0 Å². The van der Waals surface area contributed by atoms with Gasteiger partial charge in [-0.2, -0.15) is 0 Å². The first-order valence-corrected chi connectivity index (χ1v) is 12.9. The molecule has 7 aromatic rings. The number of hydrogen-bond acceptors (Lipinski definition) is 2. The standard InChI is InChI=1S/C36H25NO/c1-3-11-26(12-4-1)27-21-23-30(24-22-27)37(29-14-5-2-6-15-29)31-16-9-13-28(25-31)32-18-10-20-35-36(32)33-17-7-8-19-34(33)38-35/h1-25H. The molecule has 0 radical (unpaired) electrons. The molecule has 38 heavy (non-hydrogen) atoms. The Bertz CT molecular complexity index is 1850. The van der Waals surface area contributed by atoms with E-state index in [0.717, 1.165) is 44.6 Å². The summed E-state index contributed by atoms with van der Waals surface area (Å²) in [5, 5.41) is 2.29. The van der Waals surface area contributed by atoms with E-state index in [1.54, 1.807) is 0 Å². The lowest BCUT2D eigenvalue weighted by Crippen LogP contribution is -2.09. The molecule has 0 atom stereocenters. The van der Waals surface area contributed by atoms with Crippen molar-refractivity contribution in [3.8, 4) is 22.3 Å². The summed E-state index contributed by atoms with van der Waals surface area (Å²) < 4.78 is 6.17. The van der Waals surface area contributed by atoms with Gasteiger partial charge >= 0.3 is 0 Å². The molecule has 0 aliphatic carbocycles. The summed E-state index contributed by atoms with van der Waals surface area (Å²) >= 11 is 0. The molecule has 180 valence electrons. The van der Waals surface area contributed by atoms with Gasteiger partial charge < -0.3 is 9.32 Å². The van der Waals surface area contributed by atoms with Gasteiger partial charge in [-0.15, -0.1) is 0 Å². The highest BCUT2D eigenvalue weighted by Gasteiger charge is 2.16. The van der Waals surface area contributed by atoms with E-state index in [4.69, 9.17) is 4.42 Å². The SMILES string of the molecule is c1ccc(-c2ccc(N(c3ccccc3)c3cccc(-c4cccc5oc6ccccc6c45)c3)cc2)cc1. The van der Waals surface area contributed by atoms with E-state index < -0.39 is 0 Å². The topological polar surface area (TPSA) is 16.4 Å². The van der Waals surface area contributed by atoms with E-state index in [-0.39, 0.29) is 0 Å². The summed E-state index contributed by atoms with van der Waals surface area (Å²) in [6.07, 6.45) is 0. The fraction of sp³-hybridized carbons (Fsp3) is 0. The summed E-state index contributed by atoms with van der Waals surface area (Å²) in [4.78, 5) is 2.31. The highest BCUT2D eigenvalue weighted by molar-refractivity contribution is 6.12. The van der Waals surface area contributed by atoms with Crippen molar-refractivity contribution in [3.05, 3.63) is 152 Å². The van der Waals surface area contributed by atoms with Crippen LogP contribution in [0.4, 0.5) is 17.1 Å². The Morgan fingerprint density at radius 1 is 0.395 bits per heavy atom. The number of fused-ring (bicyclic) bond motifs is 3. The van der Waals surface area contributed by atoms with Crippen LogP contribution in [0.15, 0.2) is 156 Å². The Morgan fingerprint density at radius 3 is 1.79 bits per heavy atom. The average molecular weight is 488 g/mol. The summed E-state index contributed by atoms with van der Waals surface area (Å²) in [5.74, 6) is 0. The molecule has 0 amide bonds. The van der Waals surface area contributed by atoms with Crippen molar-refractivity contribution in [2.45, 2.75) is 0 Å². The maximum atomic E-state index is 6.17. The molecule has 0 saturated heterocycles. The molecule has 0 unspecified atom stereocenters. The zero-order chi connectivity index (χ0) is 25.3. The largest absolute Gasteiger partial charge is 0.456 e. The predicted molar refractivity (Wildman–Crippen MR) is 159 cm³/mol. The van der Waals surface area contributed by atoms with Crippen molar-refractivity contribution >= 4 is 39.0 Å². The van der Waals surface area contributed by atoms with Crippen LogP contribution in [0.2, 0.25) is 0 Å². The number of furan rings is 1. The third kappa shape index (κ3) is 3.93. The molecule has 2 heteroatoms. The molecule has 6 aromatic carbocycles. The average Bonchev–Trinajstić information content (AvgIpc) is 3.38. The van der Waals surface area contributed by atoms with Gasteiger partial charge in [0.05, 0.1) is 0 Å². The minimum Gasteiger partial charge on any atom is -0.456 e. The molecule has 0 spiro atoms. The van der Waals surface area contributed by atoms with Gasteiger partial charge in [-0.3, -0.25) is 0 Å². The number of nitrogens with zero attached hydrogens (tertiary/aromatic N) is 1. The Hall–Kier alpha value is -5.08. The van der Waals surface area contributed by atoms with Crippen LogP contribution in [0, 0.1) is 0 Å². The van der Waals surface area contributed by atoms with Crippen molar-refractivity contribution in [1.29, 1.82) is 0 Å². The van der Waals surface area contributed by atoms with Crippen LogP contribution in [-0.2, 0) is 0 Å². The molecule has 0 N–H and O–H groups in total. The minimum atomic E-state index is 0.908. The molecule has 0 aliphatic heterocycles. The quantitative estimate of drug-likeness (QED) is 0.240. The molecule has 2 nitrogen and oxygen atoms in total. The second-order valence-corrected chi connectivity index (χ2v) is 9.41. The minimum absolute atomic E-state index is 0.908. The van der Waals surface area contributed by atoms with Crippen LogP contribution >= 0.6 is 0 Å². The zero-order valence-electron chi connectivity index (χ0n) is 20.8. The van der Waals surface area contributed by atoms with Crippen molar-refractivity contribution < 1.29 is 4.42 Å². The van der Waals surface area contributed by atoms with Gasteiger partial charge in [0.2, 0.25) is 0 Å². The van der Waals surface area contributed by atoms with E-state index in [0.29, 0.717) is 0 Å². The van der Waals surface area contributed by atoms with Crippen LogP contribution in [0.1, 0.15) is 0 Å². The third-order valence-corrected chi connectivity index (χ3v) is 7.06. The van der Waals surface area contributed by atoms with Crippen LogP contribution in [-0.4, -0.2) is 0 Å². The lowest BCUT2D eigenvalue weighted by molar-refractivity contribution is 0.669. The van der Waals surface area contributed by atoms with Crippen molar-refractivity contribution in [1.82, 2.24) is 0 Å². The third-order valence-electron chi connectivity index (χ3n) is 7.06. The number of hydrogen-bond donors (Lipinski definition) is 0. The van der Waals surface area contributed by atoms with Crippen LogP contribution in [0.25, 0.3) is 44.2 Å². The molecule has 0 saturated carbocycles. The number of benzene rings is 6. The first kappa shape index (κ1) is 22.1. The van der Waals surface area contributed by atoms with E-state index in [1.165, 1.54) is 16.7 Å². The second kappa shape index (κ2) is 9.42. The van der Waals surface area contributed by atoms with Gasteiger partial charge in [-0.1, -0.05) is 103 Å². The maximum absolute atomic E-state index is 6.17. The van der Waals surface area contributed by atoms with E-state index >= 15 is 0 Å². The number of rotatable bonds is 5. The second-order valence-electron chi connectivity index (χ2n) is 9.41. The maximum Gasteiger partial charge on any atom is 0.136 e. The van der Waals surface area contributed by atoms with Gasteiger partial charge in [0, 0.05) is 27.8 Å². The smallest absolute Gasteiger partial charge is 0.136 e. The lowest BCUT2D eigenvalue weighted by atomic mass is 9.98. The highest BCUT2D eigenvalue weighted by Crippen LogP contribution is 2.40. The van der Waals surface area contributed by atoms with Gasteiger partial charge in [0.1, 0.15) is 11.2 Å². The normalized spacial score (nSPS) is 11.2. The number of anilines is 3. The van der Waals surface area contributed by atoms with Gasteiger partial charge in [-0.05, 0) is 70.8 Å². The predicted octanol–water partition coefficient (Wildman–Crippen LogP) is 10.4. The van der Waals surface area contributed by atoms with Crippen LogP contribution in [0.3, 0.4) is 0 Å². The summed E-state index contributed by atoms with van der Waals surface area (Å²) in [5.41, 5.74) is 9.89. The fourth-order valence-corrected chi connectivity index (χ4v) is 5.29. The first-order valence-electron chi connectivity index (χ1n) is 12.9. The highest BCUT2D eigenvalue weighted by atomic mass is 16.3. The van der Waals surface area contributed by atoms with Gasteiger partial charge in [-0.25, -0.2) is 0 Å².